The van der Waals surface area contributed by atoms with Crippen LogP contribution in [0.5, 0.6) is 0 Å². The van der Waals surface area contributed by atoms with E-state index in [1.165, 1.54) is 30.3 Å². The fourth-order valence-corrected chi connectivity index (χ4v) is 6.46. The Balaban J connectivity index is 1.93. The number of rotatable bonds is 9. The maximum atomic E-state index is 13.0. The third kappa shape index (κ3) is 7.72. The molecular formula is C26H20F6O6S2. The van der Waals surface area contributed by atoms with Crippen LogP contribution in [0.3, 0.4) is 0 Å². The van der Waals surface area contributed by atoms with Gasteiger partial charge in [-0.3, -0.25) is 0 Å². The van der Waals surface area contributed by atoms with Crippen molar-refractivity contribution in [2.45, 2.75) is 28.2 Å². The number of carbonyl (C=O) groups excluding carboxylic acids is 1. The molecule has 0 atom stereocenters. The van der Waals surface area contributed by atoms with Gasteiger partial charge in [-0.2, -0.15) is 26.3 Å². The first-order valence-electron chi connectivity index (χ1n) is 11.2. The summed E-state index contributed by atoms with van der Waals surface area (Å²) in [6.45, 7) is 3.56. The molecule has 0 aliphatic rings. The Kier molecular flexibility index (Phi) is 8.84. The number of halogens is 6. The first-order chi connectivity index (χ1) is 18.4. The van der Waals surface area contributed by atoms with Gasteiger partial charge in [-0.25, -0.2) is 21.6 Å². The van der Waals surface area contributed by atoms with Crippen molar-refractivity contribution in [2.24, 2.45) is 0 Å². The molecule has 0 amide bonds. The smallest absolute Gasteiger partial charge is 0.416 e. The average Bonchev–Trinajstić information content (AvgIpc) is 2.87. The number of benzene rings is 3. The predicted molar refractivity (Wildman–Crippen MR) is 133 cm³/mol. The lowest BCUT2D eigenvalue weighted by Crippen LogP contribution is -2.33. The molecule has 0 N–H and O–H groups in total. The minimum atomic E-state index is -4.74. The van der Waals surface area contributed by atoms with E-state index >= 15 is 0 Å². The van der Waals surface area contributed by atoms with Crippen LogP contribution in [0.4, 0.5) is 26.3 Å². The maximum Gasteiger partial charge on any atom is 0.416 e. The summed E-state index contributed by atoms with van der Waals surface area (Å²) < 4.78 is 134. The minimum Gasteiger partial charge on any atom is -0.457 e. The van der Waals surface area contributed by atoms with E-state index < -0.39 is 76.5 Å². The van der Waals surface area contributed by atoms with Crippen LogP contribution < -0.4 is 0 Å². The van der Waals surface area contributed by atoms with Crippen molar-refractivity contribution in [1.82, 2.24) is 0 Å². The molecule has 0 radical (unpaired) electrons. The number of alkyl halides is 6. The van der Waals surface area contributed by atoms with Gasteiger partial charge in [0.2, 0.25) is 0 Å². The molecule has 0 fully saturated rings. The number of sulfone groups is 2. The summed E-state index contributed by atoms with van der Waals surface area (Å²) in [6.07, 6.45) is -9.88. The van der Waals surface area contributed by atoms with Gasteiger partial charge in [-0.05, 0) is 66.2 Å². The molecule has 214 valence electrons. The second kappa shape index (κ2) is 11.5. The van der Waals surface area contributed by atoms with Gasteiger partial charge in [0, 0.05) is 0 Å². The summed E-state index contributed by atoms with van der Waals surface area (Å²) in [6, 6.07) is 10.4. The zero-order valence-electron chi connectivity index (χ0n) is 20.2. The Hall–Kier alpha value is -3.65. The molecule has 0 aliphatic heterocycles. The molecule has 0 aromatic heterocycles. The largest absolute Gasteiger partial charge is 0.457 e. The van der Waals surface area contributed by atoms with Gasteiger partial charge >= 0.3 is 18.3 Å². The van der Waals surface area contributed by atoms with Crippen molar-refractivity contribution in [2.75, 3.05) is 11.5 Å². The van der Waals surface area contributed by atoms with Crippen molar-refractivity contribution in [3.63, 3.8) is 0 Å². The van der Waals surface area contributed by atoms with E-state index in [-0.39, 0.29) is 5.56 Å². The Labute approximate surface area is 225 Å². The second-order valence-electron chi connectivity index (χ2n) is 8.46. The van der Waals surface area contributed by atoms with E-state index in [2.05, 4.69) is 6.58 Å². The van der Waals surface area contributed by atoms with E-state index in [0.29, 0.717) is 54.1 Å². The molecule has 3 rings (SSSR count). The van der Waals surface area contributed by atoms with Gasteiger partial charge in [0.25, 0.3) is 0 Å². The summed E-state index contributed by atoms with van der Waals surface area (Å²) >= 11 is 0. The second-order valence-corrected chi connectivity index (χ2v) is 12.5. The summed E-state index contributed by atoms with van der Waals surface area (Å²) in [5.74, 6) is -3.39. The summed E-state index contributed by atoms with van der Waals surface area (Å²) in [7, 11) is -9.02. The molecule has 0 saturated carbocycles. The minimum absolute atomic E-state index is 0.0746. The Morgan fingerprint density at radius 2 is 1.07 bits per heavy atom. The molecular weight excluding hydrogens is 586 g/mol. The van der Waals surface area contributed by atoms with E-state index in [0.717, 1.165) is 0 Å². The number of esters is 1. The van der Waals surface area contributed by atoms with Crippen molar-refractivity contribution >= 4 is 31.7 Å². The average molecular weight is 607 g/mol. The molecule has 0 unspecified atom stereocenters. The topological polar surface area (TPSA) is 94.6 Å². The van der Waals surface area contributed by atoms with Crippen LogP contribution in [0.1, 0.15) is 27.0 Å². The molecule has 40 heavy (non-hydrogen) atoms. The maximum absolute atomic E-state index is 13.0. The van der Waals surface area contributed by atoms with Gasteiger partial charge in [0.15, 0.2) is 19.7 Å². The van der Waals surface area contributed by atoms with Crippen molar-refractivity contribution in [1.29, 1.82) is 0 Å². The summed E-state index contributed by atoms with van der Waals surface area (Å²) in [5.41, 5.74) is -1.69. The van der Waals surface area contributed by atoms with E-state index in [4.69, 9.17) is 4.74 Å². The predicted octanol–water partition coefficient (Wildman–Crippen LogP) is 5.84. The van der Waals surface area contributed by atoms with Gasteiger partial charge in [0.1, 0.15) is 6.10 Å². The summed E-state index contributed by atoms with van der Waals surface area (Å²) in [5, 5.41) is 0. The van der Waals surface area contributed by atoms with Crippen LogP contribution in [-0.2, 0) is 36.8 Å². The monoisotopic (exact) mass is 606 g/mol. The first-order valence-corrected chi connectivity index (χ1v) is 14.5. The van der Waals surface area contributed by atoms with Crippen LogP contribution in [-0.4, -0.2) is 40.4 Å². The molecule has 0 bridgehead atoms. The highest BCUT2D eigenvalue weighted by atomic mass is 32.2. The lowest BCUT2D eigenvalue weighted by molar-refractivity contribution is -0.138. The van der Waals surface area contributed by atoms with Crippen molar-refractivity contribution in [3.05, 3.63) is 102 Å². The summed E-state index contributed by atoms with van der Waals surface area (Å²) in [4.78, 5) is 11.5. The molecule has 0 spiro atoms. The standard InChI is InChI=1S/C26H20F6O6S2/c1-2-17-3-5-18(6-4-17)24(33)38-21(15-39(34,35)22-11-7-19(8-12-22)25(27,28)29)16-40(36,37)23-13-9-20(10-14-23)26(30,31)32/h2-14,21H,1,15-16H2. The number of hydrogen-bond donors (Lipinski definition) is 0. The van der Waals surface area contributed by atoms with Gasteiger partial charge in [-0.1, -0.05) is 24.8 Å². The number of carbonyl (C=O) groups is 1. The molecule has 0 aliphatic carbocycles. The number of ether oxygens (including phenoxy) is 1. The van der Waals surface area contributed by atoms with Gasteiger partial charge in [0.05, 0.1) is 38.0 Å². The van der Waals surface area contributed by atoms with Crippen LogP contribution in [0, 0.1) is 0 Å². The van der Waals surface area contributed by atoms with Crippen LogP contribution in [0.25, 0.3) is 6.08 Å². The molecule has 0 heterocycles. The third-order valence-corrected chi connectivity index (χ3v) is 9.15. The van der Waals surface area contributed by atoms with Crippen LogP contribution in [0.2, 0.25) is 0 Å². The van der Waals surface area contributed by atoms with Crippen LogP contribution in [0.15, 0.2) is 89.2 Å². The Bertz CT molecular complexity index is 1490. The van der Waals surface area contributed by atoms with Gasteiger partial charge in [-0.15, -0.1) is 0 Å². The fourth-order valence-electron chi connectivity index (χ4n) is 3.48. The van der Waals surface area contributed by atoms with Crippen molar-refractivity contribution in [3.8, 4) is 0 Å². The van der Waals surface area contributed by atoms with Crippen LogP contribution >= 0.6 is 0 Å². The molecule has 3 aromatic carbocycles. The first kappa shape index (κ1) is 30.9. The Morgan fingerprint density at radius 1 is 0.700 bits per heavy atom. The van der Waals surface area contributed by atoms with E-state index in [1.807, 2.05) is 0 Å². The molecule has 6 nitrogen and oxygen atoms in total. The Morgan fingerprint density at radius 3 is 1.40 bits per heavy atom. The lowest BCUT2D eigenvalue weighted by Gasteiger charge is -2.19. The fraction of sp³-hybridized carbons (Fsp3) is 0.192. The molecule has 14 heteroatoms. The number of hydrogen-bond acceptors (Lipinski definition) is 6. The normalized spacial score (nSPS) is 12.8. The van der Waals surface area contributed by atoms with Crippen molar-refractivity contribution < 1.29 is 52.7 Å². The zero-order chi connectivity index (χ0) is 29.9. The quantitative estimate of drug-likeness (QED) is 0.225. The molecule has 3 aromatic rings. The molecule has 0 saturated heterocycles. The lowest BCUT2D eigenvalue weighted by atomic mass is 10.1. The van der Waals surface area contributed by atoms with E-state index in [1.54, 1.807) is 0 Å². The highest BCUT2D eigenvalue weighted by Gasteiger charge is 2.34. The highest BCUT2D eigenvalue weighted by molar-refractivity contribution is 7.92. The van der Waals surface area contributed by atoms with Gasteiger partial charge < -0.3 is 4.74 Å². The SMILES string of the molecule is C=Cc1ccc(C(=O)OC(CS(=O)(=O)c2ccc(C(F)(F)F)cc2)CS(=O)(=O)c2ccc(C(F)(F)F)cc2)cc1. The van der Waals surface area contributed by atoms with E-state index in [9.17, 15) is 48.0 Å². The highest BCUT2D eigenvalue weighted by Crippen LogP contribution is 2.31. The zero-order valence-corrected chi connectivity index (χ0v) is 21.9. The third-order valence-electron chi connectivity index (χ3n) is 5.55.